The fourth-order valence-electron chi connectivity index (χ4n) is 2.88. The third kappa shape index (κ3) is 5.64. The number of hydrogen-bond acceptors (Lipinski definition) is 4. The van der Waals surface area contributed by atoms with Crippen molar-refractivity contribution in [2.45, 2.75) is 30.8 Å². The maximum atomic E-state index is 10.4. The van der Waals surface area contributed by atoms with Gasteiger partial charge in [-0.1, -0.05) is 62.4 Å². The molecule has 0 radical (unpaired) electrons. The van der Waals surface area contributed by atoms with Crippen molar-refractivity contribution < 1.29 is 13.0 Å². The minimum Gasteiger partial charge on any atom is -0.298 e. The number of hydrogen-bond donors (Lipinski definition) is 3. The molecular formula is C19H26N2O3S. The van der Waals surface area contributed by atoms with Crippen LogP contribution >= 0.6 is 0 Å². The summed E-state index contributed by atoms with van der Waals surface area (Å²) < 4.78 is 29.2. The van der Waals surface area contributed by atoms with Gasteiger partial charge in [0.05, 0.1) is 10.6 Å². The predicted molar refractivity (Wildman–Crippen MR) is 100.0 cm³/mol. The van der Waals surface area contributed by atoms with Gasteiger partial charge >= 0.3 is 0 Å². The molecule has 0 spiro atoms. The first-order valence-corrected chi connectivity index (χ1v) is 9.84. The summed E-state index contributed by atoms with van der Waals surface area (Å²) in [5, 5.41) is 7.21. The predicted octanol–water partition coefficient (Wildman–Crippen LogP) is 2.71. The molecule has 1 fully saturated rings. The van der Waals surface area contributed by atoms with Crippen molar-refractivity contribution in [3.05, 3.63) is 66.2 Å². The molecule has 6 heteroatoms. The van der Waals surface area contributed by atoms with E-state index in [2.05, 4.69) is 54.8 Å². The summed E-state index contributed by atoms with van der Waals surface area (Å²) in [6.45, 7) is 6.69. The lowest BCUT2D eigenvalue weighted by atomic mass is 9.90. The Hall–Kier alpha value is -1.73. The van der Waals surface area contributed by atoms with Crippen molar-refractivity contribution in [3.63, 3.8) is 0 Å². The average Bonchev–Trinajstić information content (AvgIpc) is 3.06. The van der Waals surface area contributed by atoms with Crippen LogP contribution in [0.25, 0.3) is 0 Å². The molecule has 25 heavy (non-hydrogen) atoms. The molecule has 3 rings (SSSR count). The molecule has 1 aliphatic rings. The Kier molecular flexibility index (Phi) is 6.72. The smallest absolute Gasteiger partial charge is 0.294 e. The Morgan fingerprint density at radius 3 is 1.84 bits per heavy atom. The van der Waals surface area contributed by atoms with Crippen molar-refractivity contribution in [2.75, 3.05) is 13.1 Å². The van der Waals surface area contributed by atoms with Crippen LogP contribution < -0.4 is 10.6 Å². The van der Waals surface area contributed by atoms with E-state index in [0.29, 0.717) is 5.92 Å². The van der Waals surface area contributed by atoms with Crippen molar-refractivity contribution in [2.24, 2.45) is 5.92 Å². The van der Waals surface area contributed by atoms with E-state index in [1.807, 2.05) is 0 Å². The van der Waals surface area contributed by atoms with Crippen LogP contribution in [0.3, 0.4) is 0 Å². The molecular weight excluding hydrogens is 336 g/mol. The first kappa shape index (κ1) is 19.6. The normalized spacial score (nSPS) is 16.3. The third-order valence-corrected chi connectivity index (χ3v) is 5.23. The molecule has 3 N–H and O–H groups in total. The molecule has 1 heterocycles. The number of nitrogens with one attached hydrogen (secondary N) is 2. The first-order valence-electron chi connectivity index (χ1n) is 8.40. The number of benzene rings is 2. The van der Waals surface area contributed by atoms with Gasteiger partial charge in [-0.15, -0.1) is 0 Å². The molecule has 0 aromatic heterocycles. The van der Waals surface area contributed by atoms with Crippen LogP contribution in [0.1, 0.15) is 19.4 Å². The van der Waals surface area contributed by atoms with Crippen LogP contribution in [-0.2, 0) is 16.5 Å². The third-order valence-electron chi connectivity index (χ3n) is 4.36. The summed E-state index contributed by atoms with van der Waals surface area (Å²) in [6.07, 6.45) is 1.06. The van der Waals surface area contributed by atoms with Gasteiger partial charge in [0.2, 0.25) is 0 Å². The Morgan fingerprint density at radius 1 is 0.960 bits per heavy atom. The van der Waals surface area contributed by atoms with E-state index in [1.54, 1.807) is 18.2 Å². The van der Waals surface area contributed by atoms with Gasteiger partial charge in [-0.2, -0.15) is 8.42 Å². The van der Waals surface area contributed by atoms with Crippen LogP contribution in [0.15, 0.2) is 65.6 Å². The van der Waals surface area contributed by atoms with Gasteiger partial charge in [-0.25, -0.2) is 0 Å². The van der Waals surface area contributed by atoms with E-state index in [0.717, 1.165) is 19.5 Å². The summed E-state index contributed by atoms with van der Waals surface area (Å²) in [7, 11) is -4.00. The SMILES string of the molecule is CC(C)C1(Cc2ccccc2)NCCN1.O=S(=O)(O)c1ccccc1. The van der Waals surface area contributed by atoms with Gasteiger partial charge in [-0.05, 0) is 23.6 Å². The monoisotopic (exact) mass is 362 g/mol. The zero-order chi connectivity index (χ0) is 18.3. The average molecular weight is 362 g/mol. The second-order valence-electron chi connectivity index (χ2n) is 6.43. The number of rotatable bonds is 4. The second-order valence-corrected chi connectivity index (χ2v) is 7.85. The van der Waals surface area contributed by atoms with Crippen molar-refractivity contribution >= 4 is 10.1 Å². The summed E-state index contributed by atoms with van der Waals surface area (Å²) in [5.74, 6) is 0.597. The van der Waals surface area contributed by atoms with Crippen LogP contribution in [0, 0.1) is 5.92 Å². The summed E-state index contributed by atoms with van der Waals surface area (Å²) in [6, 6.07) is 18.1. The van der Waals surface area contributed by atoms with Crippen molar-refractivity contribution in [3.8, 4) is 0 Å². The summed E-state index contributed by atoms with van der Waals surface area (Å²) >= 11 is 0. The molecule has 0 atom stereocenters. The summed E-state index contributed by atoms with van der Waals surface area (Å²) in [4.78, 5) is -0.0741. The molecule has 0 aliphatic carbocycles. The van der Waals surface area contributed by atoms with Gasteiger partial charge in [0.15, 0.2) is 0 Å². The van der Waals surface area contributed by atoms with E-state index < -0.39 is 10.1 Å². The highest BCUT2D eigenvalue weighted by molar-refractivity contribution is 7.85. The van der Waals surface area contributed by atoms with E-state index in [9.17, 15) is 8.42 Å². The molecule has 2 aromatic rings. The van der Waals surface area contributed by atoms with Crippen LogP contribution in [0.4, 0.5) is 0 Å². The fraction of sp³-hybridized carbons (Fsp3) is 0.368. The minimum absolute atomic E-state index is 0.0741. The van der Waals surface area contributed by atoms with Crippen LogP contribution in [-0.4, -0.2) is 31.7 Å². The quantitative estimate of drug-likeness (QED) is 0.729. The molecule has 1 saturated heterocycles. The Morgan fingerprint density at radius 2 is 1.44 bits per heavy atom. The second kappa shape index (κ2) is 8.58. The molecule has 1 aliphatic heterocycles. The zero-order valence-corrected chi connectivity index (χ0v) is 15.5. The van der Waals surface area contributed by atoms with Gasteiger partial charge < -0.3 is 0 Å². The Labute approximate surface area is 150 Å². The highest BCUT2D eigenvalue weighted by Crippen LogP contribution is 2.21. The molecule has 0 saturated carbocycles. The van der Waals surface area contributed by atoms with Gasteiger partial charge in [-0.3, -0.25) is 15.2 Å². The molecule has 0 amide bonds. The van der Waals surface area contributed by atoms with Crippen LogP contribution in [0.2, 0.25) is 0 Å². The van der Waals surface area contributed by atoms with Gasteiger partial charge in [0.25, 0.3) is 10.1 Å². The molecule has 0 unspecified atom stereocenters. The lowest BCUT2D eigenvalue weighted by molar-refractivity contribution is 0.236. The maximum absolute atomic E-state index is 10.4. The fourth-order valence-corrected chi connectivity index (χ4v) is 3.38. The van der Waals surface area contributed by atoms with Crippen LogP contribution in [0.5, 0.6) is 0 Å². The standard InChI is InChI=1S/C13H20N2.C6H6O3S/c1-11(2)13(14-8-9-15-13)10-12-6-4-3-5-7-12;7-10(8,9)6-4-2-1-3-5-6/h3-7,11,14-15H,8-10H2,1-2H3;1-5H,(H,7,8,9). The highest BCUT2D eigenvalue weighted by Gasteiger charge is 2.35. The van der Waals surface area contributed by atoms with Gasteiger partial charge in [0.1, 0.15) is 0 Å². The minimum atomic E-state index is -4.00. The maximum Gasteiger partial charge on any atom is 0.294 e. The molecule has 2 aromatic carbocycles. The largest absolute Gasteiger partial charge is 0.298 e. The van der Waals surface area contributed by atoms with E-state index >= 15 is 0 Å². The Bertz CT molecular complexity index is 741. The molecule has 136 valence electrons. The topological polar surface area (TPSA) is 78.4 Å². The highest BCUT2D eigenvalue weighted by atomic mass is 32.2. The molecule has 5 nitrogen and oxygen atoms in total. The van der Waals surface area contributed by atoms with Crippen molar-refractivity contribution in [1.82, 2.24) is 10.6 Å². The van der Waals surface area contributed by atoms with E-state index in [4.69, 9.17) is 4.55 Å². The van der Waals surface area contributed by atoms with Gasteiger partial charge in [0, 0.05) is 19.5 Å². The van der Waals surface area contributed by atoms with E-state index in [1.165, 1.54) is 17.7 Å². The first-order chi connectivity index (χ1) is 11.8. The molecule has 0 bridgehead atoms. The zero-order valence-electron chi connectivity index (χ0n) is 14.6. The van der Waals surface area contributed by atoms with Crippen molar-refractivity contribution in [1.29, 1.82) is 0 Å². The Balaban J connectivity index is 0.000000196. The lowest BCUT2D eigenvalue weighted by Crippen LogP contribution is -2.55. The van der Waals surface area contributed by atoms with E-state index in [-0.39, 0.29) is 10.6 Å². The summed E-state index contributed by atoms with van der Waals surface area (Å²) in [5.41, 5.74) is 1.49. The lowest BCUT2D eigenvalue weighted by Gasteiger charge is -2.34.